The first kappa shape index (κ1) is 17.2. The van der Waals surface area contributed by atoms with Crippen LogP contribution in [0.25, 0.3) is 10.2 Å². The molecule has 26 heavy (non-hydrogen) atoms. The highest BCUT2D eigenvalue weighted by Gasteiger charge is 2.25. The number of nitrogens with zero attached hydrogens (tertiary/aromatic N) is 4. The summed E-state index contributed by atoms with van der Waals surface area (Å²) < 4.78 is 1.34. The highest BCUT2D eigenvalue weighted by atomic mass is 35.5. The van der Waals surface area contributed by atoms with Crippen LogP contribution in [0.1, 0.15) is 42.0 Å². The Bertz CT molecular complexity index is 939. The van der Waals surface area contributed by atoms with Crippen LogP contribution < -0.4 is 5.32 Å². The number of likely N-dealkylation sites (tertiary alicyclic amines) is 1. The summed E-state index contributed by atoms with van der Waals surface area (Å²) in [5.41, 5.74) is 1.99. The second-order valence-corrected chi connectivity index (χ2v) is 7.96. The number of hydrogen-bond acceptors (Lipinski definition) is 6. The molecular weight excluding hydrogens is 370 g/mol. The molecule has 1 fully saturated rings. The molecule has 1 saturated heterocycles. The summed E-state index contributed by atoms with van der Waals surface area (Å²) in [7, 11) is 0. The molecule has 0 aromatic carbocycles. The molecule has 1 amide bonds. The number of aromatic nitrogens is 3. The highest BCUT2D eigenvalue weighted by molar-refractivity contribution is 7.23. The predicted octanol–water partition coefficient (Wildman–Crippen LogP) is 4.15. The Kier molecular flexibility index (Phi) is 4.74. The zero-order valence-electron chi connectivity index (χ0n) is 14.3. The van der Waals surface area contributed by atoms with Crippen LogP contribution in [0.3, 0.4) is 0 Å². The second kappa shape index (κ2) is 7.17. The van der Waals surface area contributed by atoms with Crippen molar-refractivity contribution in [2.24, 2.45) is 0 Å². The van der Waals surface area contributed by atoms with Crippen molar-refractivity contribution in [3.63, 3.8) is 0 Å². The van der Waals surface area contributed by atoms with Crippen molar-refractivity contribution in [1.29, 1.82) is 0 Å². The smallest absolute Gasteiger partial charge is 0.274 e. The molecule has 8 heteroatoms. The number of rotatable bonds is 4. The average Bonchev–Trinajstić information content (AvgIpc) is 3.30. The molecule has 3 aromatic rings. The summed E-state index contributed by atoms with van der Waals surface area (Å²) in [5, 5.41) is 3.25. The van der Waals surface area contributed by atoms with E-state index in [2.05, 4.69) is 20.3 Å². The Balaban J connectivity index is 1.70. The van der Waals surface area contributed by atoms with E-state index in [9.17, 15) is 4.79 Å². The van der Waals surface area contributed by atoms with Gasteiger partial charge in [-0.1, -0.05) is 17.7 Å². The molecule has 1 atom stereocenters. The first-order valence-electron chi connectivity index (χ1n) is 8.55. The first-order valence-corrected chi connectivity index (χ1v) is 9.75. The van der Waals surface area contributed by atoms with E-state index in [-0.39, 0.29) is 11.9 Å². The number of nitrogens with one attached hydrogen (secondary N) is 1. The number of anilines is 1. The minimum absolute atomic E-state index is 0.0537. The third kappa shape index (κ3) is 3.37. The summed E-state index contributed by atoms with van der Waals surface area (Å²) >= 11 is 7.51. The maximum absolute atomic E-state index is 12.9. The lowest BCUT2D eigenvalue weighted by atomic mass is 10.2. The highest BCUT2D eigenvalue weighted by Crippen LogP contribution is 2.32. The van der Waals surface area contributed by atoms with Crippen molar-refractivity contribution in [3.05, 3.63) is 46.2 Å². The fourth-order valence-corrected chi connectivity index (χ4v) is 4.22. The minimum atomic E-state index is -0.0857. The van der Waals surface area contributed by atoms with Gasteiger partial charge in [-0.05, 0) is 38.0 Å². The summed E-state index contributed by atoms with van der Waals surface area (Å²) in [6.45, 7) is 3.53. The molecule has 0 saturated carbocycles. The fraction of sp³-hybridized carbons (Fsp3) is 0.333. The molecule has 1 N–H and O–H groups in total. The van der Waals surface area contributed by atoms with E-state index in [0.717, 1.165) is 36.3 Å². The van der Waals surface area contributed by atoms with Crippen molar-refractivity contribution in [2.45, 2.75) is 25.8 Å². The minimum Gasteiger partial charge on any atom is -0.346 e. The monoisotopic (exact) mass is 387 g/mol. The van der Waals surface area contributed by atoms with Gasteiger partial charge in [-0.3, -0.25) is 9.78 Å². The number of carbonyl (C=O) groups excluding carboxylic acids is 1. The van der Waals surface area contributed by atoms with Crippen molar-refractivity contribution in [3.8, 4) is 0 Å². The number of carbonyl (C=O) groups is 1. The van der Waals surface area contributed by atoms with E-state index in [1.54, 1.807) is 12.3 Å². The Morgan fingerprint density at radius 3 is 2.85 bits per heavy atom. The van der Waals surface area contributed by atoms with Gasteiger partial charge >= 0.3 is 0 Å². The van der Waals surface area contributed by atoms with Crippen LogP contribution in [-0.2, 0) is 0 Å². The third-order valence-corrected chi connectivity index (χ3v) is 5.67. The summed E-state index contributed by atoms with van der Waals surface area (Å²) in [6.07, 6.45) is 3.82. The van der Waals surface area contributed by atoms with Crippen LogP contribution in [0.5, 0.6) is 0 Å². The largest absolute Gasteiger partial charge is 0.346 e. The summed E-state index contributed by atoms with van der Waals surface area (Å²) in [4.78, 5) is 28.2. The van der Waals surface area contributed by atoms with Gasteiger partial charge in [0.15, 0.2) is 5.69 Å². The van der Waals surface area contributed by atoms with Gasteiger partial charge < -0.3 is 10.2 Å². The number of pyridine rings is 1. The lowest BCUT2D eigenvalue weighted by molar-refractivity contribution is 0.0789. The quantitative estimate of drug-likeness (QED) is 0.728. The molecule has 1 aliphatic rings. The third-order valence-electron chi connectivity index (χ3n) is 4.41. The predicted molar refractivity (Wildman–Crippen MR) is 104 cm³/mol. The Labute approximate surface area is 160 Å². The Hall–Kier alpha value is -2.25. The molecule has 6 nitrogen and oxygen atoms in total. The van der Waals surface area contributed by atoms with Gasteiger partial charge in [-0.2, -0.15) is 0 Å². The molecule has 0 bridgehead atoms. The van der Waals surface area contributed by atoms with Gasteiger partial charge in [0.1, 0.15) is 0 Å². The van der Waals surface area contributed by atoms with Crippen LogP contribution in [-0.4, -0.2) is 38.8 Å². The summed E-state index contributed by atoms with van der Waals surface area (Å²) in [6, 6.07) is 7.44. The van der Waals surface area contributed by atoms with Gasteiger partial charge in [0.2, 0.25) is 5.95 Å². The maximum atomic E-state index is 12.9. The summed E-state index contributed by atoms with van der Waals surface area (Å²) in [5.74, 6) is 0.356. The van der Waals surface area contributed by atoms with E-state index >= 15 is 0 Å². The van der Waals surface area contributed by atoms with E-state index in [0.29, 0.717) is 21.5 Å². The molecule has 1 aliphatic heterocycles. The van der Waals surface area contributed by atoms with Gasteiger partial charge in [0.25, 0.3) is 5.91 Å². The number of thiophene rings is 1. The van der Waals surface area contributed by atoms with Gasteiger partial charge in [0, 0.05) is 19.3 Å². The Morgan fingerprint density at radius 1 is 1.31 bits per heavy atom. The molecular formula is C18H18ClN5OS. The second-order valence-electron chi connectivity index (χ2n) is 6.28. The van der Waals surface area contributed by atoms with Gasteiger partial charge in [0.05, 0.1) is 26.3 Å². The zero-order valence-corrected chi connectivity index (χ0v) is 15.8. The molecule has 0 unspecified atom stereocenters. The lowest BCUT2D eigenvalue weighted by Gasteiger charge is -2.17. The van der Waals surface area contributed by atoms with E-state index in [1.165, 1.54) is 11.3 Å². The average molecular weight is 388 g/mol. The molecule has 4 heterocycles. The Morgan fingerprint density at radius 2 is 2.12 bits per heavy atom. The van der Waals surface area contributed by atoms with Gasteiger partial charge in [-0.15, -0.1) is 11.3 Å². The normalized spacial score (nSPS) is 15.4. The van der Waals surface area contributed by atoms with Crippen molar-refractivity contribution in [1.82, 2.24) is 19.9 Å². The molecule has 4 rings (SSSR count). The van der Waals surface area contributed by atoms with E-state index in [4.69, 9.17) is 11.6 Å². The van der Waals surface area contributed by atoms with Crippen LogP contribution in [0, 0.1) is 0 Å². The molecule has 3 aromatic heterocycles. The van der Waals surface area contributed by atoms with Crippen LogP contribution >= 0.6 is 22.9 Å². The molecule has 0 radical (unpaired) electrons. The van der Waals surface area contributed by atoms with Crippen LogP contribution in [0.15, 0.2) is 30.5 Å². The number of amides is 1. The van der Waals surface area contributed by atoms with Crippen molar-refractivity contribution in [2.75, 3.05) is 18.4 Å². The van der Waals surface area contributed by atoms with Crippen molar-refractivity contribution >= 4 is 45.0 Å². The number of fused-ring (bicyclic) bond motifs is 1. The number of hydrogen-bond donors (Lipinski definition) is 1. The fourth-order valence-electron chi connectivity index (χ4n) is 3.08. The van der Waals surface area contributed by atoms with Crippen LogP contribution in [0.2, 0.25) is 4.34 Å². The maximum Gasteiger partial charge on any atom is 0.274 e. The first-order chi connectivity index (χ1) is 12.6. The van der Waals surface area contributed by atoms with Gasteiger partial charge in [-0.25, -0.2) is 9.97 Å². The molecule has 134 valence electrons. The SMILES string of the molecule is C[C@H](Nc1nc(C(=O)N2CCCC2)c2sc(Cl)cc2n1)c1ccccn1. The standard InChI is InChI=1S/C18H18ClN5OS/c1-11(12-6-2-3-7-20-12)21-18-22-13-10-14(19)26-16(13)15(23-18)17(25)24-8-4-5-9-24/h2-3,6-7,10-11H,4-5,8-9H2,1H3,(H,21,22,23)/t11-/m0/s1. The van der Waals surface area contributed by atoms with E-state index < -0.39 is 0 Å². The van der Waals surface area contributed by atoms with Crippen molar-refractivity contribution < 1.29 is 4.79 Å². The zero-order chi connectivity index (χ0) is 18.1. The van der Waals surface area contributed by atoms with E-state index in [1.807, 2.05) is 30.0 Å². The molecule has 0 aliphatic carbocycles. The molecule has 0 spiro atoms. The number of halogens is 1. The van der Waals surface area contributed by atoms with Crippen LogP contribution in [0.4, 0.5) is 5.95 Å². The topological polar surface area (TPSA) is 71.0 Å². The lowest BCUT2D eigenvalue weighted by Crippen LogP contribution is -2.29.